The van der Waals surface area contributed by atoms with Crippen molar-refractivity contribution in [3.63, 3.8) is 0 Å². The van der Waals surface area contributed by atoms with E-state index in [2.05, 4.69) is 0 Å². The lowest BCUT2D eigenvalue weighted by molar-refractivity contribution is -0.249. The third-order valence-corrected chi connectivity index (χ3v) is 6.93. The lowest BCUT2D eigenvalue weighted by Crippen LogP contribution is -2.61. The smallest absolute Gasteiger partial charge is 0.106 e. The summed E-state index contributed by atoms with van der Waals surface area (Å²) in [5.41, 5.74) is 0. The Morgan fingerprint density at radius 2 is 1.40 bits per heavy atom. The number of fused-ring (bicyclic) bond motifs is 1. The second kappa shape index (κ2) is 7.38. The Hall–Kier alpha value is -0.280. The van der Waals surface area contributed by atoms with Crippen LogP contribution in [0.25, 0.3) is 0 Å². The van der Waals surface area contributed by atoms with Gasteiger partial charge in [0.05, 0.1) is 43.2 Å². The predicted octanol–water partition coefficient (Wildman–Crippen LogP) is -1.13. The molecule has 2 aliphatic carbocycles. The van der Waals surface area contributed by atoms with Crippen LogP contribution in [-0.4, -0.2) is 80.0 Å². The van der Waals surface area contributed by atoms with Crippen LogP contribution < -0.4 is 0 Å². The van der Waals surface area contributed by atoms with E-state index < -0.39 is 42.5 Å². The van der Waals surface area contributed by atoms with Crippen LogP contribution >= 0.6 is 0 Å². The van der Waals surface area contributed by atoms with Crippen LogP contribution in [0.5, 0.6) is 0 Å². The van der Waals surface area contributed by atoms with Crippen molar-refractivity contribution in [2.24, 2.45) is 29.6 Å². The molecule has 0 radical (unpaired) electrons. The molecule has 3 aliphatic rings. The third-order valence-electron chi connectivity index (χ3n) is 6.93. The van der Waals surface area contributed by atoms with Crippen molar-refractivity contribution >= 4 is 0 Å². The fraction of sp³-hybridized carbons (Fsp3) is 1.00. The minimum absolute atomic E-state index is 0.0293. The maximum atomic E-state index is 10.8. The fourth-order valence-corrected chi connectivity index (χ4v) is 5.29. The normalized spacial score (nSPS) is 57.1. The molecule has 1 aliphatic heterocycles. The summed E-state index contributed by atoms with van der Waals surface area (Å²) in [6, 6.07) is 0. The van der Waals surface area contributed by atoms with Crippen molar-refractivity contribution in [3.8, 4) is 0 Å². The summed E-state index contributed by atoms with van der Waals surface area (Å²) < 4.78 is 6.19. The van der Waals surface area contributed by atoms with Crippen molar-refractivity contribution in [1.82, 2.24) is 0 Å². The molecule has 0 aromatic heterocycles. The maximum absolute atomic E-state index is 10.8. The first-order chi connectivity index (χ1) is 11.8. The van der Waals surface area contributed by atoms with E-state index in [0.717, 1.165) is 6.42 Å². The van der Waals surface area contributed by atoms with Crippen LogP contribution in [0.15, 0.2) is 0 Å². The van der Waals surface area contributed by atoms with Crippen molar-refractivity contribution in [1.29, 1.82) is 0 Å². The second-order valence-electron chi connectivity index (χ2n) is 8.49. The number of aliphatic hydroxyl groups excluding tert-OH is 6. The van der Waals surface area contributed by atoms with Gasteiger partial charge in [-0.25, -0.2) is 0 Å². The van der Waals surface area contributed by atoms with E-state index in [9.17, 15) is 30.6 Å². The molecular weight excluding hydrogens is 328 g/mol. The molecule has 0 amide bonds. The molecule has 0 spiro atoms. The monoisotopic (exact) mass is 360 g/mol. The number of aliphatic hydroxyl groups is 6. The molecule has 0 aromatic carbocycles. The van der Waals surface area contributed by atoms with Gasteiger partial charge in [-0.15, -0.1) is 0 Å². The van der Waals surface area contributed by atoms with E-state index in [1.54, 1.807) is 0 Å². The molecule has 10 unspecified atom stereocenters. The summed E-state index contributed by atoms with van der Waals surface area (Å²) in [5.74, 6) is -0.695. The second-order valence-corrected chi connectivity index (χ2v) is 8.49. The van der Waals surface area contributed by atoms with Crippen LogP contribution in [0.2, 0.25) is 0 Å². The van der Waals surface area contributed by atoms with Crippen LogP contribution in [-0.2, 0) is 4.74 Å². The van der Waals surface area contributed by atoms with Gasteiger partial charge in [0.1, 0.15) is 6.10 Å². The van der Waals surface area contributed by atoms with Crippen LogP contribution in [0, 0.1) is 29.6 Å². The zero-order valence-corrected chi connectivity index (χ0v) is 14.8. The van der Waals surface area contributed by atoms with Gasteiger partial charge < -0.3 is 35.4 Å². The Balaban J connectivity index is 1.81. The summed E-state index contributed by atoms with van der Waals surface area (Å²) in [5, 5.41) is 60.7. The molecule has 1 heterocycles. The van der Waals surface area contributed by atoms with Gasteiger partial charge in [-0.3, -0.25) is 0 Å². The van der Waals surface area contributed by atoms with E-state index in [1.807, 2.05) is 13.8 Å². The molecule has 3 rings (SSSR count). The molecule has 2 saturated carbocycles. The van der Waals surface area contributed by atoms with Gasteiger partial charge in [0, 0.05) is 5.92 Å². The van der Waals surface area contributed by atoms with Gasteiger partial charge in [-0.2, -0.15) is 0 Å². The summed E-state index contributed by atoms with van der Waals surface area (Å²) in [6.45, 7) is 3.72. The summed E-state index contributed by atoms with van der Waals surface area (Å²) >= 11 is 0. The number of rotatable bonds is 2. The van der Waals surface area contributed by atoms with Crippen molar-refractivity contribution in [3.05, 3.63) is 0 Å². The number of hydrogen-bond donors (Lipinski definition) is 6. The molecule has 146 valence electrons. The molecule has 7 nitrogen and oxygen atoms in total. The van der Waals surface area contributed by atoms with Gasteiger partial charge in [-0.05, 0) is 42.9 Å². The Morgan fingerprint density at radius 3 is 1.96 bits per heavy atom. The largest absolute Gasteiger partial charge is 0.396 e. The first kappa shape index (κ1) is 19.5. The van der Waals surface area contributed by atoms with E-state index in [4.69, 9.17) is 4.74 Å². The Kier molecular flexibility index (Phi) is 5.75. The zero-order valence-electron chi connectivity index (χ0n) is 14.8. The van der Waals surface area contributed by atoms with Crippen molar-refractivity contribution in [2.45, 2.75) is 75.8 Å². The third kappa shape index (κ3) is 3.36. The maximum Gasteiger partial charge on any atom is 0.106 e. The Labute approximate surface area is 148 Å². The molecule has 0 aromatic rings. The van der Waals surface area contributed by atoms with Gasteiger partial charge in [0.15, 0.2) is 0 Å². The highest BCUT2D eigenvalue weighted by Crippen LogP contribution is 2.47. The molecule has 10 atom stereocenters. The van der Waals surface area contributed by atoms with Crippen molar-refractivity contribution < 1.29 is 35.4 Å². The highest BCUT2D eigenvalue weighted by atomic mass is 16.5. The SMILES string of the molecule is CC1CC2C(C)C(O)C(C3CC(O)C(O)C(O)C3)OC2C(CO)C1O. The molecule has 6 N–H and O–H groups in total. The summed E-state index contributed by atoms with van der Waals surface area (Å²) in [4.78, 5) is 0. The number of hydrogen-bond acceptors (Lipinski definition) is 7. The van der Waals surface area contributed by atoms with E-state index >= 15 is 0 Å². The van der Waals surface area contributed by atoms with Gasteiger partial charge in [0.2, 0.25) is 0 Å². The van der Waals surface area contributed by atoms with Crippen LogP contribution in [0.1, 0.15) is 33.1 Å². The zero-order chi connectivity index (χ0) is 18.5. The molecule has 7 heteroatoms. The van der Waals surface area contributed by atoms with Crippen LogP contribution in [0.3, 0.4) is 0 Å². The van der Waals surface area contributed by atoms with Gasteiger partial charge in [0.25, 0.3) is 0 Å². The van der Waals surface area contributed by atoms with Gasteiger partial charge >= 0.3 is 0 Å². The Morgan fingerprint density at radius 1 is 0.800 bits per heavy atom. The highest BCUT2D eigenvalue weighted by Gasteiger charge is 2.54. The summed E-state index contributed by atoms with van der Waals surface area (Å²) in [6.07, 6.45) is -4.43. The van der Waals surface area contributed by atoms with E-state index in [0.29, 0.717) is 0 Å². The molecule has 0 bridgehead atoms. The van der Waals surface area contributed by atoms with E-state index in [1.165, 1.54) is 0 Å². The van der Waals surface area contributed by atoms with Crippen LogP contribution in [0.4, 0.5) is 0 Å². The minimum Gasteiger partial charge on any atom is -0.396 e. The number of ether oxygens (including phenoxy) is 1. The van der Waals surface area contributed by atoms with E-state index in [-0.39, 0.29) is 49.2 Å². The lowest BCUT2D eigenvalue weighted by Gasteiger charge is -2.54. The molecular formula is C18H32O7. The average molecular weight is 360 g/mol. The lowest BCUT2D eigenvalue weighted by atomic mass is 9.63. The Bertz CT molecular complexity index is 449. The standard InChI is InChI=1S/C18H32O7/c1-7-3-10-8(2)15(23)17(25-18(10)11(6-19)14(7)22)9-4-12(20)16(24)13(21)5-9/h7-24H,3-6H2,1-2H3. The molecule has 1 saturated heterocycles. The fourth-order valence-electron chi connectivity index (χ4n) is 5.29. The summed E-state index contributed by atoms with van der Waals surface area (Å²) in [7, 11) is 0. The quantitative estimate of drug-likeness (QED) is 0.367. The first-order valence-corrected chi connectivity index (χ1v) is 9.42. The topological polar surface area (TPSA) is 131 Å². The predicted molar refractivity (Wildman–Crippen MR) is 88.4 cm³/mol. The average Bonchev–Trinajstić information content (AvgIpc) is 2.57. The minimum atomic E-state index is -1.18. The van der Waals surface area contributed by atoms with Crippen molar-refractivity contribution in [2.75, 3.05) is 6.61 Å². The highest BCUT2D eigenvalue weighted by molar-refractivity contribution is 5.02. The van der Waals surface area contributed by atoms with Gasteiger partial charge in [-0.1, -0.05) is 13.8 Å². The molecule has 25 heavy (non-hydrogen) atoms. The molecule has 3 fully saturated rings. The first-order valence-electron chi connectivity index (χ1n) is 9.42.